The van der Waals surface area contributed by atoms with Gasteiger partial charge >= 0.3 is 0 Å². The van der Waals surface area contributed by atoms with E-state index in [1.165, 1.54) is 0 Å². The monoisotopic (exact) mass is 471 g/mol. The number of likely N-dealkylation sites (tertiary alicyclic amines) is 1. The number of hydrogen-bond donors (Lipinski definition) is 1. The molecule has 0 spiro atoms. The summed E-state index contributed by atoms with van der Waals surface area (Å²) in [7, 11) is 1.94. The normalized spacial score (nSPS) is 18.5. The van der Waals surface area contributed by atoms with Crippen LogP contribution in [-0.4, -0.2) is 55.8 Å². The number of amides is 2. The van der Waals surface area contributed by atoms with Gasteiger partial charge in [-0.25, -0.2) is 0 Å². The molecule has 3 aromatic rings. The summed E-state index contributed by atoms with van der Waals surface area (Å²) in [5.41, 5.74) is 5.39. The van der Waals surface area contributed by atoms with Gasteiger partial charge in [0.2, 0.25) is 0 Å². The molecule has 3 heterocycles. The number of rotatable bonds is 6. The summed E-state index contributed by atoms with van der Waals surface area (Å²) in [5, 5.41) is 17.8. The summed E-state index contributed by atoms with van der Waals surface area (Å²) in [6.07, 6.45) is 4.21. The SMILES string of the molecule is CC(Cc1nncn1C)c1cccc(N2Cc3c(cc(C(=O)N4CC(O)C4)cc3C3CC3)C2=O)c1. The minimum absolute atomic E-state index is 0.0571. The van der Waals surface area contributed by atoms with Gasteiger partial charge in [-0.3, -0.25) is 9.59 Å². The number of aryl methyl sites for hydroxylation is 1. The first kappa shape index (κ1) is 22.0. The molecule has 1 saturated carbocycles. The number of benzene rings is 2. The van der Waals surface area contributed by atoms with Crippen LogP contribution in [0.25, 0.3) is 0 Å². The highest BCUT2D eigenvalue weighted by Crippen LogP contribution is 2.45. The van der Waals surface area contributed by atoms with Crippen LogP contribution in [0.15, 0.2) is 42.7 Å². The molecule has 2 aliphatic heterocycles. The van der Waals surface area contributed by atoms with Crippen molar-refractivity contribution in [2.75, 3.05) is 18.0 Å². The van der Waals surface area contributed by atoms with Crippen molar-refractivity contribution in [3.8, 4) is 0 Å². The van der Waals surface area contributed by atoms with E-state index in [4.69, 9.17) is 0 Å². The lowest BCUT2D eigenvalue weighted by Crippen LogP contribution is -2.53. The van der Waals surface area contributed by atoms with E-state index in [-0.39, 0.29) is 17.7 Å². The number of carbonyl (C=O) groups is 2. The van der Waals surface area contributed by atoms with E-state index in [0.29, 0.717) is 36.7 Å². The molecule has 8 nitrogen and oxygen atoms in total. The number of hydrogen-bond acceptors (Lipinski definition) is 5. The molecule has 1 atom stereocenters. The van der Waals surface area contributed by atoms with Crippen LogP contribution in [0.2, 0.25) is 0 Å². The van der Waals surface area contributed by atoms with Gasteiger partial charge in [0.05, 0.1) is 12.6 Å². The number of aromatic nitrogens is 3. The van der Waals surface area contributed by atoms with Crippen molar-refractivity contribution in [1.82, 2.24) is 19.7 Å². The van der Waals surface area contributed by atoms with Gasteiger partial charge in [0, 0.05) is 43.4 Å². The van der Waals surface area contributed by atoms with E-state index in [1.54, 1.807) is 17.3 Å². The molecule has 1 saturated heterocycles. The molecule has 2 aromatic carbocycles. The van der Waals surface area contributed by atoms with Gasteiger partial charge in [-0.05, 0) is 65.6 Å². The lowest BCUT2D eigenvalue weighted by atomic mass is 9.95. The first-order chi connectivity index (χ1) is 16.9. The molecule has 35 heavy (non-hydrogen) atoms. The van der Waals surface area contributed by atoms with Crippen LogP contribution in [-0.2, 0) is 20.0 Å². The third kappa shape index (κ3) is 3.91. The molecule has 1 N–H and O–H groups in total. The van der Waals surface area contributed by atoms with Crippen molar-refractivity contribution in [2.24, 2.45) is 7.05 Å². The predicted molar refractivity (Wildman–Crippen MR) is 130 cm³/mol. The zero-order valence-corrected chi connectivity index (χ0v) is 20.0. The molecule has 1 unspecified atom stereocenters. The summed E-state index contributed by atoms with van der Waals surface area (Å²) in [6.45, 7) is 3.39. The second kappa shape index (κ2) is 8.30. The predicted octanol–water partition coefficient (Wildman–Crippen LogP) is 3.02. The average molecular weight is 472 g/mol. The average Bonchev–Trinajstić information content (AvgIpc) is 3.53. The fourth-order valence-corrected chi connectivity index (χ4v) is 5.21. The number of fused-ring (bicyclic) bond motifs is 1. The number of β-amino-alcohol motifs (C(OH)–C–C–N with tert-alkyl or cyclic N) is 1. The lowest BCUT2D eigenvalue weighted by molar-refractivity contribution is 0.00588. The summed E-state index contributed by atoms with van der Waals surface area (Å²) in [5.74, 6) is 1.40. The fraction of sp³-hybridized carbons (Fsp3) is 0.407. The standard InChI is InChI=1S/C27H29N5O3/c1-16(8-25-29-28-15-30(25)2)18-4-3-5-20(9-18)32-14-24-22(17-6-7-17)10-19(11-23(24)27(32)35)26(34)31-12-21(33)13-31/h3-5,9-11,15-17,21,33H,6-8,12-14H2,1-2H3. The molecule has 1 aliphatic carbocycles. The zero-order valence-electron chi connectivity index (χ0n) is 20.0. The maximum atomic E-state index is 13.6. The molecule has 8 heteroatoms. The van der Waals surface area contributed by atoms with Crippen molar-refractivity contribution in [1.29, 1.82) is 0 Å². The number of aliphatic hydroxyl groups excluding tert-OH is 1. The van der Waals surface area contributed by atoms with Gasteiger partial charge in [-0.2, -0.15) is 0 Å². The highest BCUT2D eigenvalue weighted by molar-refractivity contribution is 6.12. The number of anilines is 1. The molecule has 3 aliphatic rings. The minimum Gasteiger partial charge on any atom is -0.389 e. The van der Waals surface area contributed by atoms with Gasteiger partial charge in [0.15, 0.2) is 0 Å². The molecular formula is C27H29N5O3. The van der Waals surface area contributed by atoms with Gasteiger partial charge in [-0.1, -0.05) is 19.1 Å². The smallest absolute Gasteiger partial charge is 0.258 e. The van der Waals surface area contributed by atoms with Crippen LogP contribution >= 0.6 is 0 Å². The Morgan fingerprint density at radius 3 is 2.69 bits per heavy atom. The van der Waals surface area contributed by atoms with Gasteiger partial charge in [0.25, 0.3) is 11.8 Å². The summed E-state index contributed by atoms with van der Waals surface area (Å²) < 4.78 is 1.93. The van der Waals surface area contributed by atoms with Gasteiger partial charge in [-0.15, -0.1) is 10.2 Å². The molecule has 1 aromatic heterocycles. The van der Waals surface area contributed by atoms with Crippen LogP contribution in [0.3, 0.4) is 0 Å². The van der Waals surface area contributed by atoms with Crippen LogP contribution in [0.5, 0.6) is 0 Å². The van der Waals surface area contributed by atoms with Crippen molar-refractivity contribution >= 4 is 17.5 Å². The number of carbonyl (C=O) groups excluding carboxylic acids is 2. The lowest BCUT2D eigenvalue weighted by Gasteiger charge is -2.36. The first-order valence-electron chi connectivity index (χ1n) is 12.3. The number of nitrogens with zero attached hydrogens (tertiary/aromatic N) is 5. The van der Waals surface area contributed by atoms with E-state index in [0.717, 1.165) is 47.5 Å². The van der Waals surface area contributed by atoms with Crippen molar-refractivity contribution < 1.29 is 14.7 Å². The quantitative estimate of drug-likeness (QED) is 0.597. The van der Waals surface area contributed by atoms with Crippen LogP contribution in [0.1, 0.15) is 74.8 Å². The van der Waals surface area contributed by atoms with E-state index < -0.39 is 6.10 Å². The summed E-state index contributed by atoms with van der Waals surface area (Å²) in [4.78, 5) is 30.0. The van der Waals surface area contributed by atoms with Crippen molar-refractivity contribution in [3.63, 3.8) is 0 Å². The van der Waals surface area contributed by atoms with Crippen LogP contribution in [0.4, 0.5) is 5.69 Å². The molecule has 180 valence electrons. The van der Waals surface area contributed by atoms with Gasteiger partial charge < -0.3 is 19.5 Å². The third-order valence-electron chi connectivity index (χ3n) is 7.53. The topological polar surface area (TPSA) is 91.6 Å². The van der Waals surface area contributed by atoms with E-state index in [9.17, 15) is 14.7 Å². The van der Waals surface area contributed by atoms with Crippen molar-refractivity contribution in [2.45, 2.75) is 50.7 Å². The highest BCUT2D eigenvalue weighted by atomic mass is 16.3. The Hall–Kier alpha value is -3.52. The Morgan fingerprint density at radius 1 is 1.20 bits per heavy atom. The Balaban J connectivity index is 1.28. The second-order valence-corrected chi connectivity index (χ2v) is 10.2. The van der Waals surface area contributed by atoms with E-state index >= 15 is 0 Å². The molecule has 2 fully saturated rings. The Bertz CT molecular complexity index is 1320. The third-order valence-corrected chi connectivity index (χ3v) is 7.53. The van der Waals surface area contributed by atoms with E-state index in [1.807, 2.05) is 34.7 Å². The Labute approximate surface area is 204 Å². The minimum atomic E-state index is -0.447. The number of aliphatic hydroxyl groups is 1. The first-order valence-corrected chi connectivity index (χ1v) is 12.3. The fourth-order valence-electron chi connectivity index (χ4n) is 5.21. The van der Waals surface area contributed by atoms with Crippen LogP contribution < -0.4 is 4.90 Å². The second-order valence-electron chi connectivity index (χ2n) is 10.2. The van der Waals surface area contributed by atoms with Crippen molar-refractivity contribution in [3.05, 3.63) is 76.4 Å². The molecule has 2 amide bonds. The Kier molecular flexibility index (Phi) is 5.21. The summed E-state index contributed by atoms with van der Waals surface area (Å²) in [6, 6.07) is 11.9. The molecule has 0 radical (unpaired) electrons. The summed E-state index contributed by atoms with van der Waals surface area (Å²) >= 11 is 0. The maximum absolute atomic E-state index is 13.6. The molecular weight excluding hydrogens is 442 g/mol. The maximum Gasteiger partial charge on any atom is 0.258 e. The van der Waals surface area contributed by atoms with Gasteiger partial charge in [0.1, 0.15) is 12.2 Å². The van der Waals surface area contributed by atoms with E-state index in [2.05, 4.69) is 29.3 Å². The largest absolute Gasteiger partial charge is 0.389 e. The highest BCUT2D eigenvalue weighted by Gasteiger charge is 2.38. The Morgan fingerprint density at radius 2 is 2.00 bits per heavy atom. The van der Waals surface area contributed by atoms with Crippen LogP contribution in [0, 0.1) is 0 Å². The molecule has 0 bridgehead atoms. The molecule has 6 rings (SSSR count). The zero-order chi connectivity index (χ0) is 24.3.